The molecule has 0 bridgehead atoms. The molecule has 27 heavy (non-hydrogen) atoms. The van der Waals surface area contributed by atoms with E-state index in [1.807, 2.05) is 0 Å². The first-order valence-corrected chi connectivity index (χ1v) is 8.19. The molecule has 0 spiro atoms. The fourth-order valence-electron chi connectivity index (χ4n) is 2.14. The summed E-state index contributed by atoms with van der Waals surface area (Å²) in [6.45, 7) is -2.82. The van der Waals surface area contributed by atoms with Crippen LogP contribution in [0.3, 0.4) is 0 Å². The predicted molar refractivity (Wildman–Crippen MR) is 91.8 cm³/mol. The summed E-state index contributed by atoms with van der Waals surface area (Å²) in [4.78, 5) is 10.7. The van der Waals surface area contributed by atoms with Crippen molar-refractivity contribution in [2.75, 3.05) is 14.2 Å². The number of H-pyrrole nitrogens is 1. The van der Waals surface area contributed by atoms with Crippen LogP contribution >= 0.6 is 0 Å². The van der Waals surface area contributed by atoms with Crippen LogP contribution in [-0.2, 0) is 21.6 Å². The molecule has 1 N–H and O–H groups in total. The minimum Gasteiger partial charge on any atom is -0.493 e. The number of hydrogen-bond donors (Lipinski definition) is 1. The maximum absolute atomic E-state index is 11.9. The van der Waals surface area contributed by atoms with E-state index in [-0.39, 0.29) is 41.1 Å². The van der Waals surface area contributed by atoms with Gasteiger partial charge in [-0.15, -0.1) is 0 Å². The van der Waals surface area contributed by atoms with E-state index in [9.17, 15) is 13.0 Å². The molecule has 0 unspecified atom stereocenters. The second kappa shape index (κ2) is 11.9. The van der Waals surface area contributed by atoms with E-state index >= 15 is 0 Å². The van der Waals surface area contributed by atoms with Crippen molar-refractivity contribution in [2.45, 2.75) is 12.4 Å². The Kier molecular flexibility index (Phi) is 10.2. The molecule has 0 amide bonds. The number of pyridine rings is 1. The van der Waals surface area contributed by atoms with E-state index in [0.717, 1.165) is 0 Å². The van der Waals surface area contributed by atoms with Crippen LogP contribution in [0.5, 0.6) is 17.2 Å². The zero-order chi connectivity index (χ0) is 18.9. The second-order valence-electron chi connectivity index (χ2n) is 4.69. The van der Waals surface area contributed by atoms with Crippen LogP contribution in [0.4, 0.5) is 8.78 Å². The molecule has 0 saturated heterocycles. The van der Waals surface area contributed by atoms with E-state index in [4.69, 9.17) is 9.47 Å². The summed E-state index contributed by atoms with van der Waals surface area (Å²) in [6, 6.07) is 6.51. The number of halogens is 2. The maximum atomic E-state index is 11.9. The fraction of sp³-hybridized carbons (Fsp3) is 0.250. The number of alkyl halides is 2. The zero-order valence-corrected chi connectivity index (χ0v) is 17.8. The molecule has 0 aliphatic rings. The topological polar surface area (TPSA) is 86.3 Å². The van der Waals surface area contributed by atoms with Crippen LogP contribution in [0, 0.1) is 0 Å². The molecule has 3 aromatic rings. The van der Waals surface area contributed by atoms with Crippen LogP contribution in [0.2, 0.25) is 0 Å². The summed E-state index contributed by atoms with van der Waals surface area (Å²) in [5.41, 5.74) is 1.71. The van der Waals surface area contributed by atoms with Gasteiger partial charge in [-0.05, 0) is 12.1 Å². The van der Waals surface area contributed by atoms with E-state index in [2.05, 4.69) is 19.7 Å². The molecule has 2 heterocycles. The third-order valence-corrected chi connectivity index (χ3v) is 3.58. The monoisotopic (exact) mass is 407 g/mol. The van der Waals surface area contributed by atoms with E-state index in [1.54, 1.807) is 31.5 Å². The first kappa shape index (κ1) is 23.3. The van der Waals surface area contributed by atoms with Crippen molar-refractivity contribution < 1.29 is 56.8 Å². The minimum absolute atomic E-state index is 0. The van der Waals surface area contributed by atoms with E-state index < -0.39 is 6.61 Å². The van der Waals surface area contributed by atoms with Crippen molar-refractivity contribution in [3.8, 4) is 17.2 Å². The van der Waals surface area contributed by atoms with Gasteiger partial charge in [-0.25, -0.2) is 4.98 Å². The van der Waals surface area contributed by atoms with Crippen LogP contribution < -0.4 is 43.8 Å². The molecule has 3 rings (SSSR count). The summed E-state index contributed by atoms with van der Waals surface area (Å²) < 4.78 is 48.5. The molecule has 140 valence electrons. The molecule has 0 atom stereocenters. The van der Waals surface area contributed by atoms with Crippen LogP contribution in [0.15, 0.2) is 36.8 Å². The summed E-state index contributed by atoms with van der Waals surface area (Å²) in [6.07, 6.45) is 3.02. The number of imidazole rings is 1. The van der Waals surface area contributed by atoms with Crippen molar-refractivity contribution in [2.24, 2.45) is 0 Å². The molecular formula is C16H16F2N3NaO4S. The normalized spacial score (nSPS) is 9.96. The first-order chi connectivity index (χ1) is 12.6. The summed E-state index contributed by atoms with van der Waals surface area (Å²) in [5.74, 6) is 1.50. The fourth-order valence-corrected chi connectivity index (χ4v) is 2.46. The van der Waals surface area contributed by atoms with Gasteiger partial charge >= 0.3 is 36.2 Å². The number of nitrogens with one attached hydrogen (secondary N) is 1. The van der Waals surface area contributed by atoms with Gasteiger partial charge in [-0.3, -0.25) is 4.98 Å². The van der Waals surface area contributed by atoms with Gasteiger partial charge < -0.3 is 35.1 Å². The van der Waals surface area contributed by atoms with Gasteiger partial charge in [0.05, 0.1) is 31.8 Å². The Morgan fingerprint density at radius 2 is 1.93 bits per heavy atom. The Balaban J connectivity index is 0.000000260. The van der Waals surface area contributed by atoms with Crippen molar-refractivity contribution in [3.63, 3.8) is 0 Å². The van der Waals surface area contributed by atoms with Gasteiger partial charge in [0.15, 0.2) is 17.2 Å². The largest absolute Gasteiger partial charge is 1.00 e. The van der Waals surface area contributed by atoms with E-state index in [1.165, 1.54) is 19.5 Å². The quantitative estimate of drug-likeness (QED) is 0.464. The Labute approximate surface area is 180 Å². The summed E-state index contributed by atoms with van der Waals surface area (Å²) in [5, 5.41) is 0. The SMILES string of the molecule is COc1ccnc(C[S-]=O)c1OC.FC(F)Oc1cccc2[nH]cnc12.[Na+]. The van der Waals surface area contributed by atoms with Gasteiger partial charge in [0.2, 0.25) is 0 Å². The summed E-state index contributed by atoms with van der Waals surface area (Å²) in [7, 11) is 3.07. The van der Waals surface area contributed by atoms with Crippen molar-refractivity contribution in [1.82, 2.24) is 15.0 Å². The third-order valence-electron chi connectivity index (χ3n) is 3.19. The Morgan fingerprint density at radius 1 is 1.15 bits per heavy atom. The van der Waals surface area contributed by atoms with Crippen LogP contribution in [-0.4, -0.2) is 35.8 Å². The molecule has 2 aromatic heterocycles. The average Bonchev–Trinajstić information content (AvgIpc) is 3.12. The molecule has 0 fully saturated rings. The minimum atomic E-state index is -2.82. The number of hydrogen-bond acceptors (Lipinski definition) is 7. The van der Waals surface area contributed by atoms with Crippen LogP contribution in [0.25, 0.3) is 11.0 Å². The van der Waals surface area contributed by atoms with Crippen molar-refractivity contribution in [1.29, 1.82) is 0 Å². The van der Waals surface area contributed by atoms with Gasteiger partial charge in [0.25, 0.3) is 0 Å². The molecular weight excluding hydrogens is 391 g/mol. The Hall–Kier alpha value is -1.75. The van der Waals surface area contributed by atoms with Gasteiger partial charge in [-0.2, -0.15) is 8.78 Å². The number of aromatic nitrogens is 3. The average molecular weight is 407 g/mol. The number of ether oxygens (including phenoxy) is 3. The zero-order valence-electron chi connectivity index (χ0n) is 14.9. The van der Waals surface area contributed by atoms with E-state index in [0.29, 0.717) is 39.9 Å². The van der Waals surface area contributed by atoms with Gasteiger partial charge in [0.1, 0.15) is 5.52 Å². The number of fused-ring (bicyclic) bond motifs is 1. The molecule has 0 saturated carbocycles. The number of para-hydroxylation sites is 1. The number of rotatable bonds is 6. The van der Waals surface area contributed by atoms with Gasteiger partial charge in [-0.1, -0.05) is 11.8 Å². The molecule has 11 heteroatoms. The number of benzene rings is 1. The second-order valence-corrected chi connectivity index (χ2v) is 5.21. The summed E-state index contributed by atoms with van der Waals surface area (Å²) >= 11 is 0.455. The number of nitrogens with zero attached hydrogens (tertiary/aromatic N) is 2. The Bertz CT molecular complexity index is 867. The maximum Gasteiger partial charge on any atom is 1.00 e. The third kappa shape index (κ3) is 6.42. The standard InChI is InChI=1S/C8H6F2N2O.C8H10NO3S.Na/c9-8(10)13-6-3-1-2-5-7(6)12-4-11-5;1-11-7-3-4-9-6(5-13-10)8(7)12-2;/h1-4,8H,(H,11,12);3-4H,5H2,1-2H3;/q;-1;+1. The van der Waals surface area contributed by atoms with Crippen LogP contribution in [0.1, 0.15) is 5.69 Å². The molecule has 7 nitrogen and oxygen atoms in total. The van der Waals surface area contributed by atoms with Crippen molar-refractivity contribution >= 4 is 22.7 Å². The molecule has 1 aromatic carbocycles. The smallest absolute Gasteiger partial charge is 0.493 e. The predicted octanol–water partition coefficient (Wildman–Crippen LogP) is 0.195. The molecule has 0 aliphatic carbocycles. The number of methoxy groups -OCH3 is 2. The number of aromatic amines is 1. The Morgan fingerprint density at radius 3 is 2.56 bits per heavy atom. The molecule has 0 radical (unpaired) electrons. The first-order valence-electron chi connectivity index (χ1n) is 7.28. The molecule has 0 aliphatic heterocycles. The van der Waals surface area contributed by atoms with Gasteiger partial charge in [0, 0.05) is 12.3 Å². The van der Waals surface area contributed by atoms with Crippen molar-refractivity contribution in [3.05, 3.63) is 42.5 Å².